The maximum Gasteiger partial charge on any atom is 0.0590 e. The summed E-state index contributed by atoms with van der Waals surface area (Å²) < 4.78 is 1.04. The molecule has 4 heteroatoms. The van der Waals surface area contributed by atoms with Crippen LogP contribution in [0.2, 0.25) is 0 Å². The molecule has 2 heterocycles. The zero-order valence-corrected chi connectivity index (χ0v) is 11.0. The first-order chi connectivity index (χ1) is 7.86. The van der Waals surface area contributed by atoms with Crippen molar-refractivity contribution >= 4 is 21.6 Å². The molecule has 1 saturated heterocycles. The van der Waals surface area contributed by atoms with E-state index in [1.54, 1.807) is 0 Å². The summed E-state index contributed by atoms with van der Waals surface area (Å²) in [6, 6.07) is 2.00. The molecular weight excluding hydrogens is 266 g/mol. The van der Waals surface area contributed by atoms with Crippen molar-refractivity contribution < 1.29 is 0 Å². The Morgan fingerprint density at radius 2 is 2.19 bits per heavy atom. The third-order valence-corrected chi connectivity index (χ3v) is 3.57. The first kappa shape index (κ1) is 11.9. The van der Waals surface area contributed by atoms with Crippen LogP contribution in [0, 0.1) is 0 Å². The monoisotopic (exact) mass is 283 g/mol. The van der Waals surface area contributed by atoms with E-state index in [0.29, 0.717) is 0 Å². The highest BCUT2D eigenvalue weighted by molar-refractivity contribution is 9.10. The summed E-state index contributed by atoms with van der Waals surface area (Å²) in [4.78, 5) is 6.59. The van der Waals surface area contributed by atoms with E-state index in [2.05, 4.69) is 31.1 Å². The number of anilines is 1. The van der Waals surface area contributed by atoms with Crippen molar-refractivity contribution in [1.82, 2.24) is 9.88 Å². The molecular formula is C12H18BrN3. The number of halogens is 1. The molecule has 0 radical (unpaired) electrons. The second-order valence-electron chi connectivity index (χ2n) is 4.18. The molecule has 0 atom stereocenters. The van der Waals surface area contributed by atoms with Crippen molar-refractivity contribution in [3.05, 3.63) is 22.9 Å². The van der Waals surface area contributed by atoms with Crippen molar-refractivity contribution in [2.24, 2.45) is 0 Å². The number of pyridine rings is 1. The highest BCUT2D eigenvalue weighted by atomic mass is 79.9. The third kappa shape index (κ3) is 3.46. The van der Waals surface area contributed by atoms with E-state index in [0.717, 1.165) is 16.7 Å². The summed E-state index contributed by atoms with van der Waals surface area (Å²) in [6.07, 6.45) is 7.60. The lowest BCUT2D eigenvalue weighted by Gasteiger charge is -2.14. The zero-order valence-electron chi connectivity index (χ0n) is 9.45. The van der Waals surface area contributed by atoms with Crippen LogP contribution in [0.15, 0.2) is 22.9 Å². The molecule has 3 nitrogen and oxygen atoms in total. The van der Waals surface area contributed by atoms with Crippen LogP contribution in [0.4, 0.5) is 5.69 Å². The first-order valence-corrected chi connectivity index (χ1v) is 6.71. The normalized spacial score (nSPS) is 16.6. The molecule has 16 heavy (non-hydrogen) atoms. The van der Waals surface area contributed by atoms with Gasteiger partial charge < -0.3 is 10.2 Å². The molecule has 0 unspecified atom stereocenters. The van der Waals surface area contributed by atoms with Crippen LogP contribution in [0.3, 0.4) is 0 Å². The van der Waals surface area contributed by atoms with Crippen LogP contribution in [0.5, 0.6) is 0 Å². The van der Waals surface area contributed by atoms with E-state index in [9.17, 15) is 0 Å². The van der Waals surface area contributed by atoms with Gasteiger partial charge in [0.1, 0.15) is 0 Å². The Morgan fingerprint density at radius 1 is 1.38 bits per heavy atom. The maximum absolute atomic E-state index is 4.04. The molecule has 1 fully saturated rings. The van der Waals surface area contributed by atoms with Gasteiger partial charge in [-0.15, -0.1) is 0 Å². The minimum Gasteiger partial charge on any atom is -0.384 e. The van der Waals surface area contributed by atoms with Gasteiger partial charge in [-0.1, -0.05) is 0 Å². The van der Waals surface area contributed by atoms with Gasteiger partial charge in [0, 0.05) is 18.9 Å². The molecule has 2 rings (SSSR count). The Kier molecular flexibility index (Phi) is 4.60. The minimum atomic E-state index is 1.03. The Hall–Kier alpha value is -0.610. The van der Waals surface area contributed by atoms with Crippen molar-refractivity contribution in [3.63, 3.8) is 0 Å². The fraction of sp³-hybridized carbons (Fsp3) is 0.583. The van der Waals surface area contributed by atoms with Gasteiger partial charge in [0.2, 0.25) is 0 Å². The van der Waals surface area contributed by atoms with Gasteiger partial charge in [-0.2, -0.15) is 0 Å². The molecule has 1 N–H and O–H groups in total. The van der Waals surface area contributed by atoms with Gasteiger partial charge in [0.25, 0.3) is 0 Å². The number of rotatable bonds is 5. The lowest BCUT2D eigenvalue weighted by atomic mass is 10.3. The second-order valence-corrected chi connectivity index (χ2v) is 5.04. The summed E-state index contributed by atoms with van der Waals surface area (Å²) in [5, 5.41) is 3.42. The predicted octanol–water partition coefficient (Wildman–Crippen LogP) is 2.74. The van der Waals surface area contributed by atoms with E-state index in [4.69, 9.17) is 0 Å². The highest BCUT2D eigenvalue weighted by Gasteiger charge is 2.10. The second kappa shape index (κ2) is 6.21. The fourth-order valence-electron chi connectivity index (χ4n) is 2.05. The summed E-state index contributed by atoms with van der Waals surface area (Å²) in [6.45, 7) is 4.83. The van der Waals surface area contributed by atoms with Crippen molar-refractivity contribution in [3.8, 4) is 0 Å². The average Bonchev–Trinajstić information content (AvgIpc) is 2.79. The number of likely N-dealkylation sites (tertiary alicyclic amines) is 1. The molecule has 0 bridgehead atoms. The summed E-state index contributed by atoms with van der Waals surface area (Å²) in [5.41, 5.74) is 1.14. The molecule has 0 aliphatic carbocycles. The van der Waals surface area contributed by atoms with Crippen LogP contribution >= 0.6 is 15.9 Å². The highest BCUT2D eigenvalue weighted by Crippen LogP contribution is 2.19. The fourth-order valence-corrected chi connectivity index (χ4v) is 2.44. The molecule has 1 aromatic heterocycles. The SMILES string of the molecule is Brc1cnccc1NCCCN1CCCC1. The number of hydrogen-bond acceptors (Lipinski definition) is 3. The van der Waals surface area contributed by atoms with Crippen LogP contribution < -0.4 is 5.32 Å². The largest absolute Gasteiger partial charge is 0.384 e. The Balaban J connectivity index is 1.66. The van der Waals surface area contributed by atoms with E-state index >= 15 is 0 Å². The van der Waals surface area contributed by atoms with Gasteiger partial charge in [-0.25, -0.2) is 0 Å². The predicted molar refractivity (Wildman–Crippen MR) is 70.7 cm³/mol. The molecule has 88 valence electrons. The summed E-state index contributed by atoms with van der Waals surface area (Å²) in [5.74, 6) is 0. The quantitative estimate of drug-likeness (QED) is 0.843. The smallest absolute Gasteiger partial charge is 0.0590 e. The molecule has 0 aromatic carbocycles. The number of nitrogens with zero attached hydrogens (tertiary/aromatic N) is 2. The van der Waals surface area contributed by atoms with Crippen LogP contribution in [0.1, 0.15) is 19.3 Å². The summed E-state index contributed by atoms with van der Waals surface area (Å²) >= 11 is 3.48. The van der Waals surface area contributed by atoms with Gasteiger partial charge in [0.15, 0.2) is 0 Å². The minimum absolute atomic E-state index is 1.03. The maximum atomic E-state index is 4.04. The van der Waals surface area contributed by atoms with E-state index in [1.807, 2.05) is 18.5 Å². The Bertz CT molecular complexity index is 324. The molecule has 0 saturated carbocycles. The molecule has 0 spiro atoms. The summed E-state index contributed by atoms with van der Waals surface area (Å²) in [7, 11) is 0. The van der Waals surface area contributed by atoms with Gasteiger partial charge >= 0.3 is 0 Å². The Labute approximate surface area is 105 Å². The van der Waals surface area contributed by atoms with Crippen molar-refractivity contribution in [2.75, 3.05) is 31.5 Å². The standard InChI is InChI=1S/C12H18BrN3/c13-11-10-14-6-4-12(11)15-5-3-9-16-7-1-2-8-16/h4,6,10H,1-3,5,7-9H2,(H,14,15). The van der Waals surface area contributed by atoms with Gasteiger partial charge in [-0.05, 0) is 60.9 Å². The van der Waals surface area contributed by atoms with Crippen LogP contribution in [0.25, 0.3) is 0 Å². The molecule has 0 amide bonds. The Morgan fingerprint density at radius 3 is 2.94 bits per heavy atom. The van der Waals surface area contributed by atoms with Gasteiger partial charge in [-0.3, -0.25) is 4.98 Å². The molecule has 1 aliphatic heterocycles. The first-order valence-electron chi connectivity index (χ1n) is 5.92. The number of nitrogens with one attached hydrogen (secondary N) is 1. The molecule has 1 aromatic rings. The lowest BCUT2D eigenvalue weighted by Crippen LogP contribution is -2.22. The number of hydrogen-bond donors (Lipinski definition) is 1. The van der Waals surface area contributed by atoms with E-state index in [-0.39, 0.29) is 0 Å². The van der Waals surface area contributed by atoms with Crippen LogP contribution in [-0.2, 0) is 0 Å². The topological polar surface area (TPSA) is 28.2 Å². The van der Waals surface area contributed by atoms with E-state index < -0.39 is 0 Å². The average molecular weight is 284 g/mol. The number of aromatic nitrogens is 1. The molecule has 1 aliphatic rings. The van der Waals surface area contributed by atoms with Crippen molar-refractivity contribution in [2.45, 2.75) is 19.3 Å². The van der Waals surface area contributed by atoms with Crippen LogP contribution in [-0.4, -0.2) is 36.1 Å². The zero-order chi connectivity index (χ0) is 11.2. The van der Waals surface area contributed by atoms with E-state index in [1.165, 1.54) is 38.9 Å². The van der Waals surface area contributed by atoms with Gasteiger partial charge in [0.05, 0.1) is 10.2 Å². The lowest BCUT2D eigenvalue weighted by molar-refractivity contribution is 0.337. The third-order valence-electron chi connectivity index (χ3n) is 2.94. The van der Waals surface area contributed by atoms with Crippen molar-refractivity contribution in [1.29, 1.82) is 0 Å².